The molecule has 4 aromatic carbocycles. The van der Waals surface area contributed by atoms with E-state index in [1.807, 2.05) is 18.3 Å². The molecular formula is C48H47N5O. The second-order valence-corrected chi connectivity index (χ2v) is 16.6. The Hall–Kier alpha value is -6.01. The van der Waals surface area contributed by atoms with Crippen LogP contribution in [-0.2, 0) is 10.8 Å². The van der Waals surface area contributed by atoms with Gasteiger partial charge in [0.1, 0.15) is 17.3 Å². The summed E-state index contributed by atoms with van der Waals surface area (Å²) in [6.45, 7) is 19.8. The molecule has 0 aliphatic carbocycles. The first-order valence-electron chi connectivity index (χ1n) is 18.7. The Morgan fingerprint density at radius 3 is 2.04 bits per heavy atom. The summed E-state index contributed by atoms with van der Waals surface area (Å²) >= 11 is 0. The fourth-order valence-corrected chi connectivity index (χ4v) is 7.65. The zero-order valence-corrected chi connectivity index (χ0v) is 32.7. The largest absolute Gasteiger partial charge is 0.439 e. The van der Waals surface area contributed by atoms with E-state index in [4.69, 9.17) is 19.8 Å². The second kappa shape index (κ2) is 13.1. The van der Waals surface area contributed by atoms with Gasteiger partial charge in [-0.1, -0.05) is 108 Å². The number of para-hydroxylation sites is 1. The summed E-state index contributed by atoms with van der Waals surface area (Å²) in [6.07, 6.45) is 1.91. The van der Waals surface area contributed by atoms with Crippen molar-refractivity contribution in [2.24, 2.45) is 0 Å². The first kappa shape index (κ1) is 35.0. The van der Waals surface area contributed by atoms with Crippen LogP contribution in [0.5, 0.6) is 11.6 Å². The molecule has 0 aliphatic heterocycles. The molecule has 0 radical (unpaired) electrons. The van der Waals surface area contributed by atoms with Crippen LogP contribution in [0.4, 0.5) is 0 Å². The molecular weight excluding hydrogens is 663 g/mol. The molecule has 4 heterocycles. The smallest absolute Gasteiger partial charge is 0.220 e. The van der Waals surface area contributed by atoms with Crippen molar-refractivity contribution >= 4 is 21.8 Å². The van der Waals surface area contributed by atoms with Gasteiger partial charge in [0, 0.05) is 40.2 Å². The summed E-state index contributed by atoms with van der Waals surface area (Å²) in [5, 5.41) is 10.7. The van der Waals surface area contributed by atoms with Gasteiger partial charge < -0.3 is 4.74 Å². The number of aromatic nitrogens is 5. The van der Waals surface area contributed by atoms with Crippen molar-refractivity contribution in [3.8, 4) is 51.2 Å². The molecule has 0 saturated heterocycles. The summed E-state index contributed by atoms with van der Waals surface area (Å²) in [6, 6.07) is 38.2. The van der Waals surface area contributed by atoms with Crippen LogP contribution in [0, 0.1) is 20.8 Å². The molecule has 270 valence electrons. The number of ether oxygens (including phenoxy) is 1. The number of pyridine rings is 2. The predicted octanol–water partition coefficient (Wildman–Crippen LogP) is 12.6. The lowest BCUT2D eigenvalue weighted by atomic mass is 9.86. The Kier molecular flexibility index (Phi) is 8.52. The van der Waals surface area contributed by atoms with Crippen LogP contribution >= 0.6 is 0 Å². The Morgan fingerprint density at radius 2 is 1.31 bits per heavy atom. The van der Waals surface area contributed by atoms with E-state index in [0.717, 1.165) is 61.6 Å². The van der Waals surface area contributed by atoms with Crippen molar-refractivity contribution in [1.82, 2.24) is 24.7 Å². The van der Waals surface area contributed by atoms with Crippen LogP contribution in [0.1, 0.15) is 69.4 Å². The highest BCUT2D eigenvalue weighted by Crippen LogP contribution is 2.42. The first-order chi connectivity index (χ1) is 25.8. The average Bonchev–Trinajstić information content (AvgIpc) is 3.70. The minimum absolute atomic E-state index is 0.0141. The molecule has 6 heteroatoms. The standard InChI is InChI=1S/C48H47N5O/c1-29-23-30(2)43(31(3)24-29)46-44(32-15-11-10-12-16-32)45(51-52-46)38-25-34(48(7,8)9)27-42(50-38)54-35-19-20-37-36-17-13-14-18-39(36)53(40(37)28-35)41-26-33(21-22-49-41)47(4,5)6/h10-28H,1-9H3,(H,51,52). The number of nitrogens with one attached hydrogen (secondary N) is 1. The van der Waals surface area contributed by atoms with E-state index in [0.29, 0.717) is 11.6 Å². The Bertz CT molecular complexity index is 2660. The summed E-state index contributed by atoms with van der Waals surface area (Å²) < 4.78 is 9.00. The minimum atomic E-state index is -0.171. The molecule has 0 atom stereocenters. The van der Waals surface area contributed by atoms with Gasteiger partial charge in [0.2, 0.25) is 5.88 Å². The third kappa shape index (κ3) is 6.36. The first-order valence-corrected chi connectivity index (χ1v) is 18.7. The molecule has 0 spiro atoms. The number of hydrogen-bond donors (Lipinski definition) is 1. The highest BCUT2D eigenvalue weighted by Gasteiger charge is 2.25. The number of nitrogens with zero attached hydrogens (tertiary/aromatic N) is 4. The zero-order chi connectivity index (χ0) is 37.9. The lowest BCUT2D eigenvalue weighted by Gasteiger charge is -2.21. The van der Waals surface area contributed by atoms with Gasteiger partial charge in [0.15, 0.2) is 0 Å². The monoisotopic (exact) mass is 709 g/mol. The highest BCUT2D eigenvalue weighted by atomic mass is 16.5. The Morgan fingerprint density at radius 1 is 0.630 bits per heavy atom. The third-order valence-electron chi connectivity index (χ3n) is 10.4. The maximum Gasteiger partial charge on any atom is 0.220 e. The fraction of sp³-hybridized carbons (Fsp3) is 0.229. The summed E-state index contributed by atoms with van der Waals surface area (Å²) in [7, 11) is 0. The van der Waals surface area contributed by atoms with Gasteiger partial charge in [-0.25, -0.2) is 9.97 Å². The van der Waals surface area contributed by atoms with Crippen LogP contribution in [0.2, 0.25) is 0 Å². The predicted molar refractivity (Wildman–Crippen MR) is 223 cm³/mol. The van der Waals surface area contributed by atoms with E-state index in [-0.39, 0.29) is 10.8 Å². The van der Waals surface area contributed by atoms with Crippen LogP contribution in [0.3, 0.4) is 0 Å². The van der Waals surface area contributed by atoms with Crippen molar-refractivity contribution < 1.29 is 4.74 Å². The highest BCUT2D eigenvalue weighted by molar-refractivity contribution is 6.09. The van der Waals surface area contributed by atoms with Crippen molar-refractivity contribution in [3.05, 3.63) is 143 Å². The quantitative estimate of drug-likeness (QED) is 0.187. The summed E-state index contributed by atoms with van der Waals surface area (Å²) in [5.74, 6) is 2.09. The van der Waals surface area contributed by atoms with Crippen LogP contribution in [0.25, 0.3) is 61.4 Å². The third-order valence-corrected chi connectivity index (χ3v) is 10.4. The van der Waals surface area contributed by atoms with Crippen molar-refractivity contribution in [2.75, 3.05) is 0 Å². The van der Waals surface area contributed by atoms with E-state index in [9.17, 15) is 0 Å². The average molecular weight is 710 g/mol. The SMILES string of the molecule is Cc1cc(C)c(-c2n[nH]c(-c3cc(C(C)(C)C)cc(Oc4ccc5c6ccccc6n(-c6cc(C(C)(C)C)ccn6)c5c4)n3)c2-c2ccccc2)c(C)c1. The molecule has 8 aromatic rings. The molecule has 8 rings (SSSR count). The molecule has 4 aromatic heterocycles. The molecule has 0 bridgehead atoms. The van der Waals surface area contributed by atoms with Crippen LogP contribution < -0.4 is 4.74 Å². The second-order valence-electron chi connectivity index (χ2n) is 16.6. The van der Waals surface area contributed by atoms with Crippen molar-refractivity contribution in [2.45, 2.75) is 73.1 Å². The topological polar surface area (TPSA) is 68.6 Å². The number of aryl methyl sites for hydroxylation is 3. The lowest BCUT2D eigenvalue weighted by Crippen LogP contribution is -2.12. The van der Waals surface area contributed by atoms with Gasteiger partial charge >= 0.3 is 0 Å². The lowest BCUT2D eigenvalue weighted by molar-refractivity contribution is 0.460. The molecule has 1 N–H and O–H groups in total. The minimum Gasteiger partial charge on any atom is -0.439 e. The van der Waals surface area contributed by atoms with E-state index in [1.54, 1.807) is 0 Å². The molecule has 0 fully saturated rings. The van der Waals surface area contributed by atoms with E-state index in [2.05, 4.69) is 169 Å². The molecule has 0 amide bonds. The number of hydrogen-bond acceptors (Lipinski definition) is 4. The van der Waals surface area contributed by atoms with Gasteiger partial charge in [0.05, 0.1) is 22.4 Å². The van der Waals surface area contributed by atoms with Crippen molar-refractivity contribution in [1.29, 1.82) is 0 Å². The molecule has 54 heavy (non-hydrogen) atoms. The maximum absolute atomic E-state index is 6.76. The molecule has 6 nitrogen and oxygen atoms in total. The van der Waals surface area contributed by atoms with Gasteiger partial charge in [-0.15, -0.1) is 0 Å². The zero-order valence-electron chi connectivity index (χ0n) is 32.7. The normalized spacial score (nSPS) is 12.2. The number of H-pyrrole nitrogens is 1. The van der Waals surface area contributed by atoms with E-state index in [1.165, 1.54) is 27.6 Å². The van der Waals surface area contributed by atoms with Gasteiger partial charge in [-0.3, -0.25) is 9.67 Å². The van der Waals surface area contributed by atoms with E-state index >= 15 is 0 Å². The van der Waals surface area contributed by atoms with E-state index < -0.39 is 0 Å². The van der Waals surface area contributed by atoms with Crippen molar-refractivity contribution in [3.63, 3.8) is 0 Å². The van der Waals surface area contributed by atoms with Gasteiger partial charge in [-0.2, -0.15) is 5.10 Å². The molecule has 0 aliphatic rings. The fourth-order valence-electron chi connectivity index (χ4n) is 7.65. The maximum atomic E-state index is 6.76. The number of fused-ring (bicyclic) bond motifs is 3. The van der Waals surface area contributed by atoms with Crippen LogP contribution in [0.15, 0.2) is 115 Å². The van der Waals surface area contributed by atoms with Gasteiger partial charge in [0.25, 0.3) is 0 Å². The van der Waals surface area contributed by atoms with Crippen LogP contribution in [-0.4, -0.2) is 24.7 Å². The Labute approximate surface area is 317 Å². The number of benzene rings is 4. The molecule has 0 saturated carbocycles. The number of rotatable bonds is 6. The number of aromatic amines is 1. The van der Waals surface area contributed by atoms with Gasteiger partial charge in [-0.05, 0) is 95.8 Å². The summed E-state index contributed by atoms with van der Waals surface area (Å²) in [5.41, 5.74) is 13.7. The summed E-state index contributed by atoms with van der Waals surface area (Å²) in [4.78, 5) is 10.1. The molecule has 0 unspecified atom stereocenters. The Balaban J connectivity index is 1.29.